The molecule has 7 heteroatoms. The van der Waals surface area contributed by atoms with Gasteiger partial charge in [0, 0.05) is 5.71 Å². The summed E-state index contributed by atoms with van der Waals surface area (Å²) >= 11 is 0. The van der Waals surface area contributed by atoms with E-state index in [2.05, 4.69) is 17.5 Å². The van der Waals surface area contributed by atoms with Crippen molar-refractivity contribution in [2.24, 2.45) is 5.10 Å². The van der Waals surface area contributed by atoms with Crippen LogP contribution in [-0.4, -0.2) is 26.6 Å². The van der Waals surface area contributed by atoms with Crippen molar-refractivity contribution in [1.82, 2.24) is 5.43 Å². The highest BCUT2D eigenvalue weighted by Gasteiger charge is 2.27. The minimum atomic E-state index is -3.92. The van der Waals surface area contributed by atoms with Crippen LogP contribution < -0.4 is 9.73 Å². The highest BCUT2D eigenvalue weighted by atomic mass is 32.2. The van der Waals surface area contributed by atoms with E-state index in [1.54, 1.807) is 30.3 Å². The third kappa shape index (κ3) is 7.48. The van der Waals surface area contributed by atoms with Gasteiger partial charge in [-0.3, -0.25) is 9.10 Å². The first-order valence-electron chi connectivity index (χ1n) is 11.2. The molecule has 0 fully saturated rings. The van der Waals surface area contributed by atoms with Crippen LogP contribution in [-0.2, 0) is 14.8 Å². The predicted octanol–water partition coefficient (Wildman–Crippen LogP) is 5.35. The summed E-state index contributed by atoms with van der Waals surface area (Å²) in [5.74, 6) is -0.479. The SMILES string of the molecule is CCCCCCC/C(C)=N/NC(=O)CN(c1ccc(C)c(C)c1)S(=O)(=O)c1ccccc1. The minimum Gasteiger partial charge on any atom is -0.271 e. The number of sulfonamides is 1. The van der Waals surface area contributed by atoms with Gasteiger partial charge in [0.1, 0.15) is 6.54 Å². The molecular weight excluding hydrogens is 422 g/mol. The number of carbonyl (C=O) groups excluding carboxylic acids is 1. The molecule has 0 saturated heterocycles. The van der Waals surface area contributed by atoms with E-state index in [0.29, 0.717) is 5.69 Å². The van der Waals surface area contributed by atoms with Crippen molar-refractivity contribution in [2.75, 3.05) is 10.8 Å². The summed E-state index contributed by atoms with van der Waals surface area (Å²) < 4.78 is 27.8. The van der Waals surface area contributed by atoms with Crippen molar-refractivity contribution < 1.29 is 13.2 Å². The highest BCUT2D eigenvalue weighted by molar-refractivity contribution is 7.92. The van der Waals surface area contributed by atoms with E-state index in [1.807, 2.05) is 26.8 Å². The molecule has 0 unspecified atom stereocenters. The molecule has 0 spiro atoms. The van der Waals surface area contributed by atoms with Crippen LogP contribution in [0.25, 0.3) is 0 Å². The van der Waals surface area contributed by atoms with Gasteiger partial charge in [-0.15, -0.1) is 0 Å². The summed E-state index contributed by atoms with van der Waals surface area (Å²) in [5.41, 5.74) is 5.81. The van der Waals surface area contributed by atoms with Crippen molar-refractivity contribution in [2.45, 2.75) is 71.1 Å². The molecule has 0 bridgehead atoms. The molecule has 0 radical (unpaired) electrons. The van der Waals surface area contributed by atoms with Crippen LogP contribution in [0, 0.1) is 13.8 Å². The zero-order valence-corrected chi connectivity index (χ0v) is 20.4. The lowest BCUT2D eigenvalue weighted by atomic mass is 10.1. The number of hydrogen-bond donors (Lipinski definition) is 1. The van der Waals surface area contributed by atoms with Crippen molar-refractivity contribution in [3.8, 4) is 0 Å². The number of hydrazone groups is 1. The summed E-state index contributed by atoms with van der Waals surface area (Å²) in [6.45, 7) is 7.58. The molecule has 32 heavy (non-hydrogen) atoms. The van der Waals surface area contributed by atoms with E-state index in [0.717, 1.165) is 40.4 Å². The van der Waals surface area contributed by atoms with E-state index >= 15 is 0 Å². The van der Waals surface area contributed by atoms with Crippen LogP contribution in [0.1, 0.15) is 63.5 Å². The third-order valence-corrected chi connectivity index (χ3v) is 7.20. The van der Waals surface area contributed by atoms with Crippen molar-refractivity contribution in [1.29, 1.82) is 0 Å². The zero-order chi connectivity index (χ0) is 23.6. The van der Waals surface area contributed by atoms with Crippen LogP contribution in [0.5, 0.6) is 0 Å². The Kier molecular flexibility index (Phi) is 9.91. The van der Waals surface area contributed by atoms with Crippen molar-refractivity contribution in [3.05, 3.63) is 59.7 Å². The molecule has 0 aliphatic rings. The van der Waals surface area contributed by atoms with Gasteiger partial charge in [0.2, 0.25) is 0 Å². The largest absolute Gasteiger partial charge is 0.271 e. The molecular formula is C25H35N3O3S. The average Bonchev–Trinajstić information content (AvgIpc) is 2.78. The molecule has 1 N–H and O–H groups in total. The van der Waals surface area contributed by atoms with Crippen LogP contribution in [0.2, 0.25) is 0 Å². The lowest BCUT2D eigenvalue weighted by Gasteiger charge is -2.24. The number of unbranched alkanes of at least 4 members (excludes halogenated alkanes) is 4. The number of benzene rings is 2. The quantitative estimate of drug-likeness (QED) is 0.265. The molecule has 0 heterocycles. The number of nitrogens with one attached hydrogen (secondary N) is 1. The molecule has 0 saturated carbocycles. The van der Waals surface area contributed by atoms with E-state index in [-0.39, 0.29) is 11.4 Å². The standard InChI is InChI=1S/C25H35N3O3S/c1-5-6-7-8-10-13-22(4)26-27-25(29)19-28(23-17-16-20(2)21(3)18-23)32(30,31)24-14-11-9-12-15-24/h9,11-12,14-18H,5-8,10,13,19H2,1-4H3,(H,27,29)/b26-22+. The predicted molar refractivity (Wildman–Crippen MR) is 132 cm³/mol. The summed E-state index contributed by atoms with van der Waals surface area (Å²) in [6, 6.07) is 13.5. The third-order valence-electron chi connectivity index (χ3n) is 5.41. The van der Waals surface area contributed by atoms with Gasteiger partial charge in [-0.25, -0.2) is 13.8 Å². The molecule has 2 aromatic carbocycles. The first-order valence-corrected chi connectivity index (χ1v) is 12.7. The average molecular weight is 458 g/mol. The fourth-order valence-electron chi connectivity index (χ4n) is 3.28. The maximum Gasteiger partial charge on any atom is 0.264 e. The number of hydrogen-bond acceptors (Lipinski definition) is 4. The Morgan fingerprint density at radius 1 is 0.969 bits per heavy atom. The molecule has 6 nitrogen and oxygen atoms in total. The summed E-state index contributed by atoms with van der Waals surface area (Å²) in [6.07, 6.45) is 6.63. The molecule has 0 aromatic heterocycles. The number of nitrogens with zero attached hydrogens (tertiary/aromatic N) is 2. The Morgan fingerprint density at radius 3 is 2.31 bits per heavy atom. The van der Waals surface area contributed by atoms with E-state index < -0.39 is 15.9 Å². The van der Waals surface area contributed by atoms with Crippen molar-refractivity contribution >= 4 is 27.3 Å². The Balaban J connectivity index is 2.16. The Hall–Kier alpha value is -2.67. The maximum atomic E-state index is 13.3. The molecule has 0 aliphatic heterocycles. The normalized spacial score (nSPS) is 11.9. The van der Waals surface area contributed by atoms with Crippen LogP contribution in [0.3, 0.4) is 0 Å². The van der Waals surface area contributed by atoms with E-state index in [9.17, 15) is 13.2 Å². The van der Waals surface area contributed by atoms with Gasteiger partial charge in [0.25, 0.3) is 15.9 Å². The second-order valence-electron chi connectivity index (χ2n) is 8.14. The minimum absolute atomic E-state index is 0.137. The Bertz CT molecular complexity index is 1020. The van der Waals surface area contributed by atoms with Crippen molar-refractivity contribution in [3.63, 3.8) is 0 Å². The number of amides is 1. The molecule has 174 valence electrons. The van der Waals surface area contributed by atoms with E-state index in [4.69, 9.17) is 0 Å². The molecule has 1 amide bonds. The number of aryl methyl sites for hydroxylation is 2. The highest BCUT2D eigenvalue weighted by Crippen LogP contribution is 2.25. The molecule has 2 aromatic rings. The summed E-state index contributed by atoms with van der Waals surface area (Å²) in [7, 11) is -3.92. The Labute approximate surface area is 192 Å². The van der Waals surface area contributed by atoms with E-state index in [1.165, 1.54) is 31.4 Å². The number of carbonyl (C=O) groups is 1. The fraction of sp³-hybridized carbons (Fsp3) is 0.440. The lowest BCUT2D eigenvalue weighted by Crippen LogP contribution is -2.39. The van der Waals surface area contributed by atoms with Gasteiger partial charge in [0.15, 0.2) is 0 Å². The monoisotopic (exact) mass is 457 g/mol. The van der Waals surface area contributed by atoms with Gasteiger partial charge < -0.3 is 0 Å². The van der Waals surface area contributed by atoms with Gasteiger partial charge >= 0.3 is 0 Å². The van der Waals surface area contributed by atoms with Gasteiger partial charge in [-0.2, -0.15) is 5.10 Å². The van der Waals surface area contributed by atoms with Gasteiger partial charge in [-0.1, -0.05) is 56.9 Å². The van der Waals surface area contributed by atoms with Crippen LogP contribution >= 0.6 is 0 Å². The first-order chi connectivity index (χ1) is 15.3. The molecule has 0 atom stereocenters. The summed E-state index contributed by atoms with van der Waals surface area (Å²) in [5, 5.41) is 4.17. The second-order valence-corrected chi connectivity index (χ2v) is 10.0. The molecule has 0 aliphatic carbocycles. The topological polar surface area (TPSA) is 78.8 Å². The van der Waals surface area contributed by atoms with Crippen LogP contribution in [0.4, 0.5) is 5.69 Å². The fourth-order valence-corrected chi connectivity index (χ4v) is 4.71. The number of rotatable bonds is 12. The smallest absolute Gasteiger partial charge is 0.264 e. The van der Waals surface area contributed by atoms with Crippen LogP contribution in [0.15, 0.2) is 58.5 Å². The lowest BCUT2D eigenvalue weighted by molar-refractivity contribution is -0.119. The zero-order valence-electron chi connectivity index (χ0n) is 19.6. The van der Waals surface area contributed by atoms with Gasteiger partial charge in [0.05, 0.1) is 10.6 Å². The molecule has 2 rings (SSSR count). The summed E-state index contributed by atoms with van der Waals surface area (Å²) in [4.78, 5) is 12.8. The number of anilines is 1. The first kappa shape index (κ1) is 25.6. The van der Waals surface area contributed by atoms with Gasteiger partial charge in [-0.05, 0) is 69.0 Å². The second kappa shape index (κ2) is 12.4. The maximum absolute atomic E-state index is 13.3. The Morgan fingerprint density at radius 2 is 1.66 bits per heavy atom.